The van der Waals surface area contributed by atoms with E-state index < -0.39 is 11.6 Å². The van der Waals surface area contributed by atoms with Gasteiger partial charge in [0.05, 0.1) is 0 Å². The molecule has 1 aromatic rings. The number of benzene rings is 1. The smallest absolute Gasteiger partial charge is 0.408 e. The van der Waals surface area contributed by atoms with Crippen LogP contribution in [0.2, 0.25) is 5.02 Å². The largest absolute Gasteiger partial charge is 0.447 e. The van der Waals surface area contributed by atoms with Crippen LogP contribution in [0.25, 0.3) is 0 Å². The topological polar surface area (TPSA) is 38.3 Å². The Balaban J connectivity index is 2.40. The second kappa shape index (κ2) is 3.17. The van der Waals surface area contributed by atoms with Crippen LogP contribution in [0.3, 0.4) is 0 Å². The van der Waals surface area contributed by atoms with Crippen molar-refractivity contribution >= 4 is 17.7 Å². The van der Waals surface area contributed by atoms with Crippen molar-refractivity contribution in [2.45, 2.75) is 12.5 Å². The maximum Gasteiger partial charge on any atom is 0.408 e. The monoisotopic (exact) mass is 211 g/mol. The molecule has 1 fully saturated rings. The van der Waals surface area contributed by atoms with Crippen molar-refractivity contribution in [1.29, 1.82) is 0 Å². The molecule has 0 saturated carbocycles. The zero-order chi connectivity index (χ0) is 10.2. The lowest BCUT2D eigenvalue weighted by molar-refractivity contribution is 0.173. The summed E-state index contributed by atoms with van der Waals surface area (Å²) in [5.74, 6) is 0. The minimum atomic E-state index is -0.505. The summed E-state index contributed by atoms with van der Waals surface area (Å²) in [6.07, 6.45) is -0.396. The normalized spacial score (nSPS) is 25.7. The fourth-order valence-electron chi connectivity index (χ4n) is 1.56. The zero-order valence-electron chi connectivity index (χ0n) is 7.71. The Bertz CT molecular complexity index is 380. The average molecular weight is 212 g/mol. The lowest BCUT2D eigenvalue weighted by Gasteiger charge is -2.22. The molecular weight excluding hydrogens is 202 g/mol. The molecule has 1 amide bonds. The van der Waals surface area contributed by atoms with Crippen molar-refractivity contribution in [2.75, 3.05) is 6.61 Å². The second-order valence-corrected chi connectivity index (χ2v) is 3.92. The minimum Gasteiger partial charge on any atom is -0.447 e. The first-order chi connectivity index (χ1) is 6.62. The molecule has 1 saturated heterocycles. The summed E-state index contributed by atoms with van der Waals surface area (Å²) in [5.41, 5.74) is 0.377. The molecule has 0 radical (unpaired) electrons. The molecule has 1 aliphatic rings. The summed E-state index contributed by atoms with van der Waals surface area (Å²) in [6.45, 7) is 2.20. The van der Waals surface area contributed by atoms with E-state index in [2.05, 4.69) is 5.32 Å². The minimum absolute atomic E-state index is 0.315. The van der Waals surface area contributed by atoms with Gasteiger partial charge in [-0.25, -0.2) is 4.79 Å². The number of carbonyl (C=O) groups excluding carboxylic acids is 1. The van der Waals surface area contributed by atoms with Gasteiger partial charge in [0.2, 0.25) is 0 Å². The summed E-state index contributed by atoms with van der Waals surface area (Å²) in [5, 5.41) is 3.38. The van der Waals surface area contributed by atoms with Gasteiger partial charge >= 0.3 is 6.09 Å². The number of ether oxygens (including phenoxy) is 1. The van der Waals surface area contributed by atoms with Crippen LogP contribution in [0, 0.1) is 0 Å². The van der Waals surface area contributed by atoms with Gasteiger partial charge in [-0.15, -0.1) is 0 Å². The summed E-state index contributed by atoms with van der Waals surface area (Å²) in [4.78, 5) is 11.0. The molecule has 0 spiro atoms. The zero-order valence-corrected chi connectivity index (χ0v) is 8.47. The Labute approximate surface area is 87.0 Å². The quantitative estimate of drug-likeness (QED) is 0.774. The molecule has 14 heavy (non-hydrogen) atoms. The molecule has 0 aromatic heterocycles. The number of carbonyl (C=O) groups is 1. The van der Waals surface area contributed by atoms with Gasteiger partial charge in [0.25, 0.3) is 0 Å². The molecule has 0 unspecified atom stereocenters. The van der Waals surface area contributed by atoms with Gasteiger partial charge in [-0.2, -0.15) is 0 Å². The van der Waals surface area contributed by atoms with E-state index in [1.807, 2.05) is 25.1 Å². The first kappa shape index (κ1) is 9.34. The van der Waals surface area contributed by atoms with Crippen LogP contribution in [0.15, 0.2) is 24.3 Å². The van der Waals surface area contributed by atoms with E-state index in [-0.39, 0.29) is 0 Å². The van der Waals surface area contributed by atoms with Crippen LogP contribution in [-0.4, -0.2) is 12.7 Å². The SMILES string of the molecule is C[C@]1(c2ccccc2Cl)COC(=O)N1. The van der Waals surface area contributed by atoms with Gasteiger partial charge in [0.15, 0.2) is 0 Å². The fourth-order valence-corrected chi connectivity index (χ4v) is 1.91. The van der Waals surface area contributed by atoms with Gasteiger partial charge in [-0.1, -0.05) is 29.8 Å². The highest BCUT2D eigenvalue weighted by atomic mass is 35.5. The summed E-state index contributed by atoms with van der Waals surface area (Å²) < 4.78 is 4.87. The number of hydrogen-bond acceptors (Lipinski definition) is 2. The van der Waals surface area contributed by atoms with Crippen molar-refractivity contribution in [3.8, 4) is 0 Å². The number of nitrogens with one attached hydrogen (secondary N) is 1. The molecule has 4 heteroatoms. The molecule has 1 atom stereocenters. The van der Waals surface area contributed by atoms with Gasteiger partial charge in [0.1, 0.15) is 12.1 Å². The standard InChI is InChI=1S/C10H10ClNO2/c1-10(6-14-9(13)12-10)7-4-2-3-5-8(7)11/h2-5H,6H2,1H3,(H,12,13)/t10-/m1/s1. The molecule has 74 valence electrons. The first-order valence-corrected chi connectivity index (χ1v) is 4.69. The number of alkyl carbamates (subject to hydrolysis) is 1. The van der Waals surface area contributed by atoms with E-state index in [0.717, 1.165) is 5.56 Å². The Morgan fingerprint density at radius 1 is 1.50 bits per heavy atom. The van der Waals surface area contributed by atoms with Crippen LogP contribution < -0.4 is 5.32 Å². The number of rotatable bonds is 1. The van der Waals surface area contributed by atoms with E-state index in [9.17, 15) is 4.79 Å². The number of amides is 1. The first-order valence-electron chi connectivity index (χ1n) is 4.32. The van der Waals surface area contributed by atoms with Crippen molar-refractivity contribution in [1.82, 2.24) is 5.32 Å². The van der Waals surface area contributed by atoms with E-state index in [1.54, 1.807) is 6.07 Å². The predicted octanol–water partition coefficient (Wildman–Crippen LogP) is 2.29. The van der Waals surface area contributed by atoms with Gasteiger partial charge in [0, 0.05) is 5.02 Å². The van der Waals surface area contributed by atoms with Crippen molar-refractivity contribution < 1.29 is 9.53 Å². The average Bonchev–Trinajstić information content (AvgIpc) is 2.48. The Kier molecular flexibility index (Phi) is 2.11. The lowest BCUT2D eigenvalue weighted by atomic mass is 9.94. The molecule has 3 nitrogen and oxygen atoms in total. The third kappa shape index (κ3) is 1.44. The molecular formula is C10H10ClNO2. The lowest BCUT2D eigenvalue weighted by Crippen LogP contribution is -2.37. The molecule has 1 aliphatic heterocycles. The van der Waals surface area contributed by atoms with Crippen LogP contribution in [0.1, 0.15) is 12.5 Å². The highest BCUT2D eigenvalue weighted by molar-refractivity contribution is 6.31. The van der Waals surface area contributed by atoms with Crippen LogP contribution in [0.4, 0.5) is 4.79 Å². The second-order valence-electron chi connectivity index (χ2n) is 3.51. The Hall–Kier alpha value is -1.22. The van der Waals surface area contributed by atoms with Crippen LogP contribution >= 0.6 is 11.6 Å². The van der Waals surface area contributed by atoms with E-state index in [1.165, 1.54) is 0 Å². The van der Waals surface area contributed by atoms with Crippen molar-refractivity contribution in [3.63, 3.8) is 0 Å². The number of cyclic esters (lactones) is 1. The van der Waals surface area contributed by atoms with E-state index in [4.69, 9.17) is 16.3 Å². The number of hydrogen-bond donors (Lipinski definition) is 1. The van der Waals surface area contributed by atoms with Crippen LogP contribution in [0.5, 0.6) is 0 Å². The third-order valence-corrected chi connectivity index (χ3v) is 2.67. The molecule has 0 bridgehead atoms. The van der Waals surface area contributed by atoms with Crippen molar-refractivity contribution in [2.24, 2.45) is 0 Å². The van der Waals surface area contributed by atoms with E-state index >= 15 is 0 Å². The molecule has 2 rings (SSSR count). The van der Waals surface area contributed by atoms with Gasteiger partial charge in [-0.3, -0.25) is 0 Å². The maximum absolute atomic E-state index is 11.0. The molecule has 0 aliphatic carbocycles. The van der Waals surface area contributed by atoms with E-state index in [0.29, 0.717) is 11.6 Å². The molecule has 1 heterocycles. The highest BCUT2D eigenvalue weighted by Crippen LogP contribution is 2.30. The van der Waals surface area contributed by atoms with Gasteiger partial charge < -0.3 is 10.1 Å². The Morgan fingerprint density at radius 3 is 2.79 bits per heavy atom. The maximum atomic E-state index is 11.0. The molecule has 1 N–H and O–H groups in total. The third-order valence-electron chi connectivity index (χ3n) is 2.34. The molecule has 1 aromatic carbocycles. The summed E-state index contributed by atoms with van der Waals surface area (Å²) >= 11 is 6.03. The Morgan fingerprint density at radius 2 is 2.21 bits per heavy atom. The summed E-state index contributed by atoms with van der Waals surface area (Å²) in [6, 6.07) is 7.42. The van der Waals surface area contributed by atoms with Crippen molar-refractivity contribution in [3.05, 3.63) is 34.9 Å². The fraction of sp³-hybridized carbons (Fsp3) is 0.300. The predicted molar refractivity (Wildman–Crippen MR) is 53.3 cm³/mol. The number of halogens is 1. The van der Waals surface area contributed by atoms with Gasteiger partial charge in [-0.05, 0) is 18.6 Å². The van der Waals surface area contributed by atoms with Crippen LogP contribution in [-0.2, 0) is 10.3 Å². The summed E-state index contributed by atoms with van der Waals surface area (Å²) in [7, 11) is 0. The highest BCUT2D eigenvalue weighted by Gasteiger charge is 2.37.